The number of hydrogen-bond donors (Lipinski definition) is 1. The molecule has 0 aliphatic rings. The zero-order valence-electron chi connectivity index (χ0n) is 10.9. The molecule has 0 amide bonds. The first kappa shape index (κ1) is 13.7. The molecule has 0 saturated heterocycles. The van der Waals surface area contributed by atoms with Crippen molar-refractivity contribution >= 4 is 5.97 Å². The molecule has 0 fully saturated rings. The van der Waals surface area contributed by atoms with Gasteiger partial charge in [0.1, 0.15) is 0 Å². The highest BCUT2D eigenvalue weighted by atomic mass is 16.4. The van der Waals surface area contributed by atoms with Crippen LogP contribution in [-0.4, -0.2) is 16.1 Å². The molecule has 0 radical (unpaired) electrons. The molecule has 1 aromatic heterocycles. The van der Waals surface area contributed by atoms with Crippen molar-refractivity contribution in [2.75, 3.05) is 0 Å². The number of unbranched alkanes of at least 4 members (excludes halogenated alkanes) is 1. The predicted molar refractivity (Wildman–Crippen MR) is 67.9 cm³/mol. The molecule has 1 N–H and O–H groups in total. The molecule has 1 heterocycles. The molecule has 0 aliphatic heterocycles. The van der Waals surface area contributed by atoms with Crippen LogP contribution in [0.5, 0.6) is 0 Å². The Morgan fingerprint density at radius 2 is 2.18 bits per heavy atom. The molecule has 1 unspecified atom stereocenters. The second-order valence-corrected chi connectivity index (χ2v) is 4.92. The maximum absolute atomic E-state index is 11.4. The van der Waals surface area contributed by atoms with Crippen LogP contribution in [0.1, 0.15) is 44.5 Å². The lowest BCUT2D eigenvalue weighted by Crippen LogP contribution is -2.30. The van der Waals surface area contributed by atoms with Gasteiger partial charge in [-0.3, -0.25) is 9.78 Å². The van der Waals surface area contributed by atoms with E-state index in [0.29, 0.717) is 12.8 Å². The monoisotopic (exact) mass is 235 g/mol. The smallest absolute Gasteiger partial charge is 0.309 e. The van der Waals surface area contributed by atoms with Crippen molar-refractivity contribution in [1.82, 2.24) is 4.98 Å². The third kappa shape index (κ3) is 3.84. The van der Waals surface area contributed by atoms with Gasteiger partial charge < -0.3 is 5.11 Å². The molecule has 17 heavy (non-hydrogen) atoms. The number of carboxylic acid groups (broad SMARTS) is 1. The van der Waals surface area contributed by atoms with E-state index in [1.165, 1.54) is 0 Å². The maximum Gasteiger partial charge on any atom is 0.309 e. The molecule has 94 valence electrons. The summed E-state index contributed by atoms with van der Waals surface area (Å²) < 4.78 is 0. The van der Waals surface area contributed by atoms with E-state index in [2.05, 4.69) is 11.9 Å². The van der Waals surface area contributed by atoms with E-state index in [0.717, 1.165) is 24.2 Å². The minimum Gasteiger partial charge on any atom is -0.481 e. The quantitative estimate of drug-likeness (QED) is 0.823. The Morgan fingerprint density at radius 1 is 1.47 bits per heavy atom. The summed E-state index contributed by atoms with van der Waals surface area (Å²) in [5, 5.41) is 9.36. The lowest BCUT2D eigenvalue weighted by atomic mass is 9.80. The fourth-order valence-electron chi connectivity index (χ4n) is 1.94. The topological polar surface area (TPSA) is 50.2 Å². The van der Waals surface area contributed by atoms with Crippen molar-refractivity contribution < 1.29 is 9.90 Å². The SMILES string of the molecule is CCCCC(C)(Cc1cccc(C)n1)C(=O)O. The van der Waals surface area contributed by atoms with E-state index in [1.807, 2.05) is 32.0 Å². The fourth-order valence-corrected chi connectivity index (χ4v) is 1.94. The van der Waals surface area contributed by atoms with E-state index in [4.69, 9.17) is 0 Å². The molecule has 0 aromatic carbocycles. The van der Waals surface area contributed by atoms with Crippen molar-refractivity contribution in [3.8, 4) is 0 Å². The average Bonchev–Trinajstić information content (AvgIpc) is 2.26. The maximum atomic E-state index is 11.4. The van der Waals surface area contributed by atoms with Gasteiger partial charge in [0.15, 0.2) is 0 Å². The molecule has 0 aliphatic carbocycles. The van der Waals surface area contributed by atoms with Crippen LogP contribution >= 0.6 is 0 Å². The molecular weight excluding hydrogens is 214 g/mol. The molecule has 1 atom stereocenters. The Balaban J connectivity index is 2.83. The number of carbonyl (C=O) groups is 1. The highest BCUT2D eigenvalue weighted by Gasteiger charge is 2.33. The molecule has 0 bridgehead atoms. The number of pyridine rings is 1. The summed E-state index contributed by atoms with van der Waals surface area (Å²) in [4.78, 5) is 15.8. The average molecular weight is 235 g/mol. The van der Waals surface area contributed by atoms with Gasteiger partial charge >= 0.3 is 5.97 Å². The number of nitrogens with zero attached hydrogens (tertiary/aromatic N) is 1. The summed E-state index contributed by atoms with van der Waals surface area (Å²) in [5.74, 6) is -0.728. The Bertz CT molecular complexity index is 390. The Morgan fingerprint density at radius 3 is 2.71 bits per heavy atom. The van der Waals surface area contributed by atoms with Crippen LogP contribution in [0.15, 0.2) is 18.2 Å². The first-order chi connectivity index (χ1) is 7.98. The van der Waals surface area contributed by atoms with E-state index in [9.17, 15) is 9.90 Å². The molecule has 3 heteroatoms. The van der Waals surface area contributed by atoms with Crippen LogP contribution < -0.4 is 0 Å². The van der Waals surface area contributed by atoms with E-state index in [1.54, 1.807) is 0 Å². The fraction of sp³-hybridized carbons (Fsp3) is 0.571. The van der Waals surface area contributed by atoms with E-state index >= 15 is 0 Å². The minimum atomic E-state index is -0.728. The third-order valence-corrected chi connectivity index (χ3v) is 3.12. The summed E-state index contributed by atoms with van der Waals surface area (Å²) in [7, 11) is 0. The van der Waals surface area contributed by atoms with Crippen LogP contribution in [0.4, 0.5) is 0 Å². The number of rotatable bonds is 6. The highest BCUT2D eigenvalue weighted by Crippen LogP contribution is 2.28. The number of hydrogen-bond acceptors (Lipinski definition) is 2. The Hall–Kier alpha value is -1.38. The van der Waals surface area contributed by atoms with Crippen LogP contribution in [0.2, 0.25) is 0 Å². The molecule has 1 rings (SSSR count). The van der Waals surface area contributed by atoms with Gasteiger partial charge in [-0.05, 0) is 32.4 Å². The van der Waals surface area contributed by atoms with Gasteiger partial charge in [-0.1, -0.05) is 25.8 Å². The van der Waals surface area contributed by atoms with Crippen LogP contribution in [0, 0.1) is 12.3 Å². The first-order valence-electron chi connectivity index (χ1n) is 6.14. The van der Waals surface area contributed by atoms with Gasteiger partial charge in [0.25, 0.3) is 0 Å². The summed E-state index contributed by atoms with van der Waals surface area (Å²) in [6.07, 6.45) is 3.16. The lowest BCUT2D eigenvalue weighted by Gasteiger charge is -2.24. The predicted octanol–water partition coefficient (Wildman–Crippen LogP) is 3.21. The zero-order valence-corrected chi connectivity index (χ0v) is 10.9. The van der Waals surface area contributed by atoms with E-state index in [-0.39, 0.29) is 0 Å². The number of aromatic nitrogens is 1. The minimum absolute atomic E-state index is 0.504. The lowest BCUT2D eigenvalue weighted by molar-refractivity contribution is -0.148. The second-order valence-electron chi connectivity index (χ2n) is 4.92. The van der Waals surface area contributed by atoms with Gasteiger partial charge in [0.05, 0.1) is 5.41 Å². The van der Waals surface area contributed by atoms with E-state index < -0.39 is 11.4 Å². The van der Waals surface area contributed by atoms with Gasteiger partial charge in [0.2, 0.25) is 0 Å². The normalized spacial score (nSPS) is 14.3. The standard InChI is InChI=1S/C14H21NO2/c1-4-5-9-14(3,13(16)17)10-12-8-6-7-11(2)15-12/h6-8H,4-5,9-10H2,1-3H3,(H,16,17). The number of carboxylic acids is 1. The van der Waals surface area contributed by atoms with Gasteiger partial charge in [-0.15, -0.1) is 0 Å². The molecule has 1 aromatic rings. The van der Waals surface area contributed by atoms with Gasteiger partial charge in [-0.25, -0.2) is 0 Å². The second kappa shape index (κ2) is 5.80. The van der Waals surface area contributed by atoms with Crippen LogP contribution in [0.3, 0.4) is 0 Å². The Kier molecular flexibility index (Phi) is 4.67. The zero-order chi connectivity index (χ0) is 12.9. The van der Waals surface area contributed by atoms with Gasteiger partial charge in [-0.2, -0.15) is 0 Å². The first-order valence-corrected chi connectivity index (χ1v) is 6.14. The van der Waals surface area contributed by atoms with Crippen molar-refractivity contribution in [2.45, 2.75) is 46.5 Å². The molecule has 0 saturated carbocycles. The summed E-state index contributed by atoms with van der Waals surface area (Å²) >= 11 is 0. The van der Waals surface area contributed by atoms with Gasteiger partial charge in [0, 0.05) is 17.8 Å². The van der Waals surface area contributed by atoms with Crippen molar-refractivity contribution in [3.63, 3.8) is 0 Å². The van der Waals surface area contributed by atoms with Crippen molar-refractivity contribution in [1.29, 1.82) is 0 Å². The molecular formula is C14H21NO2. The largest absolute Gasteiger partial charge is 0.481 e. The van der Waals surface area contributed by atoms with Crippen molar-refractivity contribution in [3.05, 3.63) is 29.6 Å². The molecule has 0 spiro atoms. The summed E-state index contributed by atoms with van der Waals surface area (Å²) in [5.41, 5.74) is 1.10. The van der Waals surface area contributed by atoms with Crippen LogP contribution in [0.25, 0.3) is 0 Å². The third-order valence-electron chi connectivity index (χ3n) is 3.12. The Labute approximate surface area is 103 Å². The van der Waals surface area contributed by atoms with Crippen LogP contribution in [-0.2, 0) is 11.2 Å². The number of aliphatic carboxylic acids is 1. The number of aryl methyl sites for hydroxylation is 1. The van der Waals surface area contributed by atoms with Crippen molar-refractivity contribution in [2.24, 2.45) is 5.41 Å². The summed E-state index contributed by atoms with van der Waals surface area (Å²) in [6.45, 7) is 5.82. The summed E-state index contributed by atoms with van der Waals surface area (Å²) in [6, 6.07) is 5.76. The highest BCUT2D eigenvalue weighted by molar-refractivity contribution is 5.74. The molecule has 3 nitrogen and oxygen atoms in total.